The van der Waals surface area contributed by atoms with E-state index in [2.05, 4.69) is 5.32 Å². The summed E-state index contributed by atoms with van der Waals surface area (Å²) in [5.41, 5.74) is 2.67. The summed E-state index contributed by atoms with van der Waals surface area (Å²) in [6, 6.07) is 14.3. The Bertz CT molecular complexity index is 888. The van der Waals surface area contributed by atoms with Gasteiger partial charge in [-0.2, -0.15) is 4.31 Å². The molecule has 1 fully saturated rings. The molecule has 0 saturated carbocycles. The Balaban J connectivity index is 1.63. The smallest absolute Gasteiger partial charge is 0.243 e. The maximum Gasteiger partial charge on any atom is 0.243 e. The van der Waals surface area contributed by atoms with Crippen molar-refractivity contribution in [3.63, 3.8) is 0 Å². The molecule has 0 atom stereocenters. The molecule has 1 heterocycles. The van der Waals surface area contributed by atoms with Crippen LogP contribution in [0.1, 0.15) is 21.5 Å². The lowest BCUT2D eigenvalue weighted by atomic mass is 10.1. The Labute approximate surface area is 160 Å². The Morgan fingerprint density at radius 3 is 2.52 bits per heavy atom. The summed E-state index contributed by atoms with van der Waals surface area (Å²) in [6.45, 7) is 4.20. The predicted octanol–water partition coefficient (Wildman–Crippen LogP) is 1.99. The minimum absolute atomic E-state index is 0.138. The van der Waals surface area contributed by atoms with Gasteiger partial charge in [-0.3, -0.25) is 4.79 Å². The van der Waals surface area contributed by atoms with Gasteiger partial charge in [-0.15, -0.1) is 0 Å². The topological polar surface area (TPSA) is 75.7 Å². The third kappa shape index (κ3) is 5.01. The van der Waals surface area contributed by atoms with Crippen LogP contribution in [0.2, 0.25) is 0 Å². The minimum Gasteiger partial charge on any atom is -0.379 e. The summed E-state index contributed by atoms with van der Waals surface area (Å²) in [6.07, 6.45) is 0. The van der Waals surface area contributed by atoms with Gasteiger partial charge in [-0.1, -0.05) is 42.0 Å². The van der Waals surface area contributed by atoms with E-state index in [9.17, 15) is 13.2 Å². The molecule has 2 aromatic carbocycles. The first kappa shape index (κ1) is 19.7. The average molecular weight is 388 g/mol. The number of ketones is 1. The molecule has 6 nitrogen and oxygen atoms in total. The monoisotopic (exact) mass is 388 g/mol. The van der Waals surface area contributed by atoms with Crippen molar-refractivity contribution < 1.29 is 17.9 Å². The zero-order chi connectivity index (χ0) is 19.3. The van der Waals surface area contributed by atoms with Crippen molar-refractivity contribution in [2.24, 2.45) is 0 Å². The summed E-state index contributed by atoms with van der Waals surface area (Å²) < 4.78 is 32.1. The van der Waals surface area contributed by atoms with E-state index in [1.54, 1.807) is 12.1 Å². The molecule has 0 spiro atoms. The quantitative estimate of drug-likeness (QED) is 0.734. The van der Waals surface area contributed by atoms with Gasteiger partial charge in [0.05, 0.1) is 24.7 Å². The van der Waals surface area contributed by atoms with E-state index in [0.717, 1.165) is 5.56 Å². The van der Waals surface area contributed by atoms with Gasteiger partial charge in [0.1, 0.15) is 0 Å². The lowest BCUT2D eigenvalue weighted by molar-refractivity contribution is 0.0730. The highest BCUT2D eigenvalue weighted by Crippen LogP contribution is 2.18. The van der Waals surface area contributed by atoms with Crippen molar-refractivity contribution in [3.05, 3.63) is 65.2 Å². The zero-order valence-corrected chi connectivity index (χ0v) is 16.2. The van der Waals surface area contributed by atoms with Crippen molar-refractivity contribution in [2.75, 3.05) is 32.8 Å². The second-order valence-corrected chi connectivity index (χ2v) is 8.49. The van der Waals surface area contributed by atoms with E-state index in [-0.39, 0.29) is 17.2 Å². The fourth-order valence-electron chi connectivity index (χ4n) is 2.89. The molecule has 0 aliphatic carbocycles. The van der Waals surface area contributed by atoms with Gasteiger partial charge >= 0.3 is 0 Å². The fraction of sp³-hybridized carbons (Fsp3) is 0.350. The van der Waals surface area contributed by atoms with Gasteiger partial charge in [0.15, 0.2) is 5.78 Å². The summed E-state index contributed by atoms with van der Waals surface area (Å²) >= 11 is 0. The zero-order valence-electron chi connectivity index (χ0n) is 15.3. The molecular weight excluding hydrogens is 364 g/mol. The van der Waals surface area contributed by atoms with Crippen LogP contribution in [0.5, 0.6) is 0 Å². The number of hydrogen-bond donors (Lipinski definition) is 1. The van der Waals surface area contributed by atoms with E-state index in [1.807, 2.05) is 31.2 Å². The number of benzene rings is 2. The summed E-state index contributed by atoms with van der Waals surface area (Å²) in [5, 5.41) is 3.12. The maximum absolute atomic E-state index is 12.7. The molecule has 1 aliphatic heterocycles. The van der Waals surface area contributed by atoms with Gasteiger partial charge in [-0.25, -0.2) is 8.42 Å². The molecule has 27 heavy (non-hydrogen) atoms. The van der Waals surface area contributed by atoms with Crippen molar-refractivity contribution in [2.45, 2.75) is 18.4 Å². The Hall–Kier alpha value is -2.06. The number of rotatable bonds is 7. The molecule has 144 valence electrons. The highest BCUT2D eigenvalue weighted by molar-refractivity contribution is 7.89. The number of ether oxygens (including phenoxy) is 1. The standard InChI is InChI=1S/C20H24N2O4S/c1-16-5-7-17(8-6-16)14-21-15-20(23)18-3-2-4-19(13-18)27(24,25)22-9-11-26-12-10-22/h2-8,13,21H,9-12,14-15H2,1H3. The predicted molar refractivity (Wildman–Crippen MR) is 103 cm³/mol. The van der Waals surface area contributed by atoms with E-state index >= 15 is 0 Å². The van der Waals surface area contributed by atoms with Crippen molar-refractivity contribution in [1.29, 1.82) is 0 Å². The first-order chi connectivity index (χ1) is 13.0. The Morgan fingerprint density at radius 2 is 1.81 bits per heavy atom. The van der Waals surface area contributed by atoms with Crippen LogP contribution in [0.15, 0.2) is 53.4 Å². The number of hydrogen-bond acceptors (Lipinski definition) is 5. The van der Waals surface area contributed by atoms with Crippen LogP contribution < -0.4 is 5.32 Å². The lowest BCUT2D eigenvalue weighted by Crippen LogP contribution is -2.40. The van der Waals surface area contributed by atoms with Crippen molar-refractivity contribution in [3.8, 4) is 0 Å². The third-order valence-corrected chi connectivity index (χ3v) is 6.39. The van der Waals surface area contributed by atoms with Crippen LogP contribution in [0.3, 0.4) is 0 Å². The van der Waals surface area contributed by atoms with Gasteiger partial charge in [-0.05, 0) is 24.6 Å². The first-order valence-electron chi connectivity index (χ1n) is 8.94. The maximum atomic E-state index is 12.7. The number of aryl methyl sites for hydroxylation is 1. The molecule has 1 aliphatic rings. The van der Waals surface area contributed by atoms with Crippen LogP contribution >= 0.6 is 0 Å². The second-order valence-electron chi connectivity index (χ2n) is 6.56. The summed E-state index contributed by atoms with van der Waals surface area (Å²) in [4.78, 5) is 12.6. The average Bonchev–Trinajstić information content (AvgIpc) is 2.70. The van der Waals surface area contributed by atoms with Crippen LogP contribution in [0, 0.1) is 6.92 Å². The van der Waals surface area contributed by atoms with Crippen LogP contribution in [-0.4, -0.2) is 51.4 Å². The molecule has 1 N–H and O–H groups in total. The van der Waals surface area contributed by atoms with Gasteiger partial charge in [0.25, 0.3) is 0 Å². The number of Topliss-reactive ketones (excluding diaryl/α,β-unsaturated/α-hetero) is 1. The molecule has 3 rings (SSSR count). The van der Waals surface area contributed by atoms with Crippen LogP contribution in [-0.2, 0) is 21.3 Å². The normalized spacial score (nSPS) is 15.6. The first-order valence-corrected chi connectivity index (χ1v) is 10.4. The van der Waals surface area contributed by atoms with E-state index < -0.39 is 10.0 Å². The second kappa shape index (κ2) is 8.75. The molecule has 0 bridgehead atoms. The summed E-state index contributed by atoms with van der Waals surface area (Å²) in [5.74, 6) is -0.138. The van der Waals surface area contributed by atoms with Crippen LogP contribution in [0.25, 0.3) is 0 Å². The number of carbonyl (C=O) groups is 1. The molecule has 2 aromatic rings. The molecule has 0 radical (unpaired) electrons. The van der Waals surface area contributed by atoms with Crippen molar-refractivity contribution >= 4 is 15.8 Å². The molecule has 0 amide bonds. The number of nitrogens with one attached hydrogen (secondary N) is 1. The fourth-order valence-corrected chi connectivity index (χ4v) is 4.35. The van der Waals surface area contributed by atoms with Gasteiger partial charge in [0, 0.05) is 25.2 Å². The largest absolute Gasteiger partial charge is 0.379 e. The van der Waals surface area contributed by atoms with E-state index in [4.69, 9.17) is 4.74 Å². The Kier molecular flexibility index (Phi) is 6.38. The van der Waals surface area contributed by atoms with Gasteiger partial charge in [0.2, 0.25) is 10.0 Å². The minimum atomic E-state index is -3.60. The molecule has 7 heteroatoms. The molecule has 0 aromatic heterocycles. The highest BCUT2D eigenvalue weighted by Gasteiger charge is 2.26. The molecule has 0 unspecified atom stereocenters. The molecular formula is C20H24N2O4S. The summed E-state index contributed by atoms with van der Waals surface area (Å²) in [7, 11) is -3.60. The molecule has 1 saturated heterocycles. The van der Waals surface area contributed by atoms with Gasteiger partial charge < -0.3 is 10.1 Å². The SMILES string of the molecule is Cc1ccc(CNCC(=O)c2cccc(S(=O)(=O)N3CCOCC3)c2)cc1. The van der Waals surface area contributed by atoms with Crippen LogP contribution in [0.4, 0.5) is 0 Å². The number of morpholine rings is 1. The van der Waals surface area contributed by atoms with E-state index in [0.29, 0.717) is 38.4 Å². The number of carbonyl (C=O) groups excluding carboxylic acids is 1. The lowest BCUT2D eigenvalue weighted by Gasteiger charge is -2.26. The van der Waals surface area contributed by atoms with E-state index in [1.165, 1.54) is 22.0 Å². The van der Waals surface area contributed by atoms with Crippen molar-refractivity contribution in [1.82, 2.24) is 9.62 Å². The number of nitrogens with zero attached hydrogens (tertiary/aromatic N) is 1. The highest BCUT2D eigenvalue weighted by atomic mass is 32.2. The Morgan fingerprint density at radius 1 is 1.11 bits per heavy atom. The number of sulfonamides is 1. The third-order valence-electron chi connectivity index (χ3n) is 4.50.